The van der Waals surface area contributed by atoms with E-state index in [1.165, 1.54) is 18.1 Å². The van der Waals surface area contributed by atoms with Crippen LogP contribution in [0.2, 0.25) is 0 Å². The van der Waals surface area contributed by atoms with E-state index in [2.05, 4.69) is 113 Å². The van der Waals surface area contributed by atoms with Gasteiger partial charge < -0.3 is 14.7 Å². The molecule has 0 bridgehead atoms. The second-order valence-corrected chi connectivity index (χ2v) is 8.45. The molecule has 1 N–H and O–H groups in total. The van der Waals surface area contributed by atoms with Gasteiger partial charge in [-0.15, -0.1) is 13.2 Å². The summed E-state index contributed by atoms with van der Waals surface area (Å²) in [6.07, 6.45) is 2.65. The van der Waals surface area contributed by atoms with Gasteiger partial charge >= 0.3 is 0 Å². The zero-order valence-electron chi connectivity index (χ0n) is 19.7. The summed E-state index contributed by atoms with van der Waals surface area (Å²) in [6, 6.07) is 16.9. The number of carbonyl (C=O) groups is 1. The smallest absolute Gasteiger partial charge is 0.120 e. The van der Waals surface area contributed by atoms with Crippen LogP contribution in [0.5, 0.6) is 0 Å². The van der Waals surface area contributed by atoms with E-state index in [0.29, 0.717) is 0 Å². The Labute approximate surface area is 196 Å². The lowest BCUT2D eigenvalue weighted by Crippen LogP contribution is -2.11. The maximum Gasteiger partial charge on any atom is 0.120 e. The van der Waals surface area contributed by atoms with Crippen LogP contribution in [0.25, 0.3) is 22.4 Å². The highest BCUT2D eigenvalue weighted by atomic mass is 79.9. The summed E-state index contributed by atoms with van der Waals surface area (Å²) in [7, 11) is 4.07. The van der Waals surface area contributed by atoms with Crippen molar-refractivity contribution in [3.8, 4) is 22.4 Å². The van der Waals surface area contributed by atoms with E-state index >= 15 is 0 Å². The standard InChI is InChI=1S/C18H18BrN3.C4H10.C2H4O.C2H4/c1-22(2)12-18-20-11-17(21-18)15-5-3-13(4-6-15)14-7-9-16(19)10-8-14;1-4(2)3;1-2-3;1-2/h3-11H,12H2,1-2H3,(H,20,21);4H,1-3H3;2H,1H3;1-2H2. The Bertz CT molecular complexity index is 850. The molecule has 31 heavy (non-hydrogen) atoms. The van der Waals surface area contributed by atoms with Gasteiger partial charge in [0, 0.05) is 4.47 Å². The number of H-pyrrole nitrogens is 1. The molecule has 0 aliphatic carbocycles. The monoisotopic (exact) mass is 485 g/mol. The highest BCUT2D eigenvalue weighted by Crippen LogP contribution is 2.25. The minimum absolute atomic E-state index is 0.750. The lowest BCUT2D eigenvalue weighted by molar-refractivity contribution is -0.106. The molecule has 0 spiro atoms. The minimum Gasteiger partial charge on any atom is -0.341 e. The van der Waals surface area contributed by atoms with Crippen molar-refractivity contribution >= 4 is 22.2 Å². The number of rotatable bonds is 4. The van der Waals surface area contributed by atoms with Crippen LogP contribution in [0.15, 0.2) is 72.4 Å². The molecule has 1 heterocycles. The first kappa shape index (κ1) is 28.5. The van der Waals surface area contributed by atoms with E-state index in [1.54, 1.807) is 0 Å². The Morgan fingerprint density at radius 2 is 1.35 bits per heavy atom. The third-order valence-corrected chi connectivity index (χ3v) is 4.00. The van der Waals surface area contributed by atoms with Crippen molar-refractivity contribution in [1.82, 2.24) is 14.9 Å². The topological polar surface area (TPSA) is 49.0 Å². The zero-order valence-corrected chi connectivity index (χ0v) is 21.2. The Morgan fingerprint density at radius 3 is 1.77 bits per heavy atom. The number of benzene rings is 2. The fourth-order valence-corrected chi connectivity index (χ4v) is 2.64. The average molecular weight is 486 g/mol. The van der Waals surface area contributed by atoms with E-state index in [4.69, 9.17) is 4.79 Å². The first-order valence-corrected chi connectivity index (χ1v) is 11.0. The van der Waals surface area contributed by atoms with Crippen molar-refractivity contribution in [2.75, 3.05) is 14.1 Å². The second-order valence-electron chi connectivity index (χ2n) is 7.53. The van der Waals surface area contributed by atoms with Gasteiger partial charge in [-0.05, 0) is 55.8 Å². The van der Waals surface area contributed by atoms with Gasteiger partial charge in [-0.3, -0.25) is 0 Å². The predicted molar refractivity (Wildman–Crippen MR) is 138 cm³/mol. The van der Waals surface area contributed by atoms with Crippen LogP contribution in [-0.2, 0) is 11.3 Å². The minimum atomic E-state index is 0.750. The number of halogens is 1. The second kappa shape index (κ2) is 16.2. The average Bonchev–Trinajstić information content (AvgIpc) is 3.18. The maximum atomic E-state index is 8.81. The number of carbonyl (C=O) groups excluding carboxylic acids is 1. The molecule has 0 fully saturated rings. The van der Waals surface area contributed by atoms with E-state index in [-0.39, 0.29) is 0 Å². The number of nitrogens with one attached hydrogen (secondary N) is 1. The van der Waals surface area contributed by atoms with Crippen LogP contribution >= 0.6 is 15.9 Å². The SMILES string of the molecule is C=C.CC(C)C.CC=O.CN(C)Cc1ncc(-c2ccc(-c3ccc(Br)cc3)cc2)[nH]1. The van der Waals surface area contributed by atoms with Crippen molar-refractivity contribution in [2.24, 2.45) is 5.92 Å². The lowest BCUT2D eigenvalue weighted by Gasteiger charge is -2.06. The Kier molecular flexibility index (Phi) is 14.9. The summed E-state index contributed by atoms with van der Waals surface area (Å²) in [6.45, 7) is 14.8. The number of aldehydes is 1. The fraction of sp³-hybridized carbons (Fsp3) is 0.308. The third-order valence-electron chi connectivity index (χ3n) is 3.47. The summed E-state index contributed by atoms with van der Waals surface area (Å²) < 4.78 is 1.10. The van der Waals surface area contributed by atoms with Crippen LogP contribution in [-0.4, -0.2) is 35.2 Å². The number of aromatic nitrogens is 2. The Morgan fingerprint density at radius 1 is 0.968 bits per heavy atom. The lowest BCUT2D eigenvalue weighted by atomic mass is 10.0. The molecule has 3 rings (SSSR count). The molecule has 0 saturated carbocycles. The molecule has 1 aromatic heterocycles. The Balaban J connectivity index is 0.000000865. The van der Waals surface area contributed by atoms with Gasteiger partial charge in [0.05, 0.1) is 18.4 Å². The van der Waals surface area contributed by atoms with Crippen LogP contribution in [0, 0.1) is 5.92 Å². The van der Waals surface area contributed by atoms with E-state index < -0.39 is 0 Å². The van der Waals surface area contributed by atoms with Crippen LogP contribution in [0.3, 0.4) is 0 Å². The molecule has 0 aliphatic heterocycles. The van der Waals surface area contributed by atoms with Crippen LogP contribution in [0.4, 0.5) is 0 Å². The molecule has 5 heteroatoms. The van der Waals surface area contributed by atoms with Gasteiger partial charge in [-0.1, -0.05) is 73.1 Å². The molecule has 0 saturated heterocycles. The van der Waals surface area contributed by atoms with Gasteiger partial charge in [0.1, 0.15) is 12.1 Å². The van der Waals surface area contributed by atoms with Crippen molar-refractivity contribution in [3.63, 3.8) is 0 Å². The highest BCUT2D eigenvalue weighted by molar-refractivity contribution is 9.10. The first-order chi connectivity index (χ1) is 14.8. The fourth-order valence-electron chi connectivity index (χ4n) is 2.37. The number of imidazole rings is 1. The molecule has 2 aromatic carbocycles. The number of aromatic amines is 1. The molecule has 4 nitrogen and oxygen atoms in total. The summed E-state index contributed by atoms with van der Waals surface area (Å²) in [5.41, 5.74) is 4.63. The summed E-state index contributed by atoms with van der Waals surface area (Å²) in [5.74, 6) is 1.82. The normalized spacial score (nSPS) is 9.58. The first-order valence-electron chi connectivity index (χ1n) is 10.2. The number of hydrogen-bond acceptors (Lipinski definition) is 3. The van der Waals surface area contributed by atoms with Crippen molar-refractivity contribution < 1.29 is 4.79 Å². The van der Waals surface area contributed by atoms with Crippen molar-refractivity contribution in [1.29, 1.82) is 0 Å². The van der Waals surface area contributed by atoms with Gasteiger partial charge in [0.15, 0.2) is 0 Å². The largest absolute Gasteiger partial charge is 0.341 e. The summed E-state index contributed by atoms with van der Waals surface area (Å²) in [5, 5.41) is 0. The van der Waals surface area contributed by atoms with Gasteiger partial charge in [-0.25, -0.2) is 4.98 Å². The predicted octanol–water partition coefficient (Wildman–Crippen LogP) is 7.24. The molecule has 0 unspecified atom stereocenters. The zero-order chi connectivity index (χ0) is 23.8. The third kappa shape index (κ3) is 12.1. The molecule has 0 amide bonds. The van der Waals surface area contributed by atoms with Gasteiger partial charge in [0.25, 0.3) is 0 Å². The maximum absolute atomic E-state index is 8.81. The summed E-state index contributed by atoms with van der Waals surface area (Å²) in [4.78, 5) is 18.7. The molecular formula is C26H36BrN3O. The van der Waals surface area contributed by atoms with E-state index in [1.807, 2.05) is 20.3 Å². The van der Waals surface area contributed by atoms with Crippen molar-refractivity contribution in [2.45, 2.75) is 34.2 Å². The molecule has 168 valence electrons. The molecule has 3 aromatic rings. The van der Waals surface area contributed by atoms with E-state index in [9.17, 15) is 0 Å². The van der Waals surface area contributed by atoms with Gasteiger partial charge in [-0.2, -0.15) is 0 Å². The molecule has 0 aliphatic rings. The van der Waals surface area contributed by atoms with Crippen molar-refractivity contribution in [3.05, 3.63) is 78.2 Å². The molecule has 0 radical (unpaired) electrons. The number of hydrogen-bond donors (Lipinski definition) is 1. The number of nitrogens with zero attached hydrogens (tertiary/aromatic N) is 2. The highest BCUT2D eigenvalue weighted by Gasteiger charge is 2.05. The summed E-state index contributed by atoms with van der Waals surface area (Å²) >= 11 is 3.46. The quantitative estimate of drug-likeness (QED) is 0.312. The van der Waals surface area contributed by atoms with Crippen LogP contribution < -0.4 is 0 Å². The molecule has 0 atom stereocenters. The van der Waals surface area contributed by atoms with Crippen LogP contribution in [0.1, 0.15) is 33.5 Å². The van der Waals surface area contributed by atoms with Gasteiger partial charge in [0.2, 0.25) is 0 Å². The van der Waals surface area contributed by atoms with E-state index in [0.717, 1.165) is 40.3 Å². The molecular weight excluding hydrogens is 450 g/mol. The Hall–Kier alpha value is -2.50.